The molecule has 1 saturated carbocycles. The molecule has 1 aliphatic carbocycles. The van der Waals surface area contributed by atoms with Crippen LogP contribution in [0.2, 0.25) is 0 Å². The number of carbonyl (C=O) groups is 1. The van der Waals surface area contributed by atoms with Gasteiger partial charge >= 0.3 is 0 Å². The molecule has 0 bridgehead atoms. The van der Waals surface area contributed by atoms with Gasteiger partial charge in [0.05, 0.1) is 12.1 Å². The fourth-order valence-corrected chi connectivity index (χ4v) is 3.48. The van der Waals surface area contributed by atoms with Gasteiger partial charge < -0.3 is 20.5 Å². The summed E-state index contributed by atoms with van der Waals surface area (Å²) in [7, 11) is 1.95. The van der Waals surface area contributed by atoms with E-state index in [1.54, 1.807) is 0 Å². The van der Waals surface area contributed by atoms with E-state index in [0.29, 0.717) is 32.5 Å². The summed E-state index contributed by atoms with van der Waals surface area (Å²) in [6.45, 7) is 1.21. The minimum atomic E-state index is -0.473. The monoisotopic (exact) mass is 284 g/mol. The second-order valence-electron chi connectivity index (χ2n) is 6.37. The number of hydrogen-bond acceptors (Lipinski definition) is 4. The van der Waals surface area contributed by atoms with Gasteiger partial charge in [-0.1, -0.05) is 19.3 Å². The van der Waals surface area contributed by atoms with Crippen LogP contribution in [0.4, 0.5) is 0 Å². The second kappa shape index (κ2) is 6.87. The van der Waals surface area contributed by atoms with Gasteiger partial charge in [0.25, 0.3) is 0 Å². The van der Waals surface area contributed by atoms with Crippen molar-refractivity contribution >= 4 is 5.91 Å². The highest BCUT2D eigenvalue weighted by atomic mass is 16.5. The fraction of sp³-hybridized carbons (Fsp3) is 0.933. The quantitative estimate of drug-likeness (QED) is 0.703. The first kappa shape index (κ1) is 15.7. The maximum atomic E-state index is 12.4. The Morgan fingerprint density at radius 3 is 2.30 bits per heavy atom. The highest BCUT2D eigenvalue weighted by Crippen LogP contribution is 2.31. The third-order valence-corrected chi connectivity index (χ3v) is 5.00. The summed E-state index contributed by atoms with van der Waals surface area (Å²) in [6, 6.07) is 0. The first-order valence-corrected chi connectivity index (χ1v) is 7.82. The van der Waals surface area contributed by atoms with E-state index >= 15 is 0 Å². The van der Waals surface area contributed by atoms with Crippen molar-refractivity contribution in [3.63, 3.8) is 0 Å². The Balaban J connectivity index is 1.93. The lowest BCUT2D eigenvalue weighted by molar-refractivity contribution is -0.127. The predicted molar refractivity (Wildman–Crippen MR) is 77.5 cm³/mol. The van der Waals surface area contributed by atoms with E-state index < -0.39 is 5.54 Å². The van der Waals surface area contributed by atoms with Crippen LogP contribution in [0.3, 0.4) is 0 Å². The Morgan fingerprint density at radius 1 is 1.10 bits per heavy atom. The Morgan fingerprint density at radius 2 is 1.75 bits per heavy atom. The molecule has 2 fully saturated rings. The maximum absolute atomic E-state index is 12.4. The van der Waals surface area contributed by atoms with Crippen LogP contribution in [0.25, 0.3) is 0 Å². The Bertz CT molecular complexity index is 291. The van der Waals surface area contributed by atoms with Crippen molar-refractivity contribution < 1.29 is 14.6 Å². The molecule has 0 atom stereocenters. The average Bonchev–Trinajstić information content (AvgIpc) is 2.49. The summed E-state index contributed by atoms with van der Waals surface area (Å²) in [5.41, 5.74) is -0.525. The van der Waals surface area contributed by atoms with Gasteiger partial charge in [0.15, 0.2) is 0 Å². The molecule has 1 aliphatic heterocycles. The topological polar surface area (TPSA) is 70.6 Å². The molecule has 0 aromatic carbocycles. The SMILES string of the molecule is CNC1(CC(=O)NC2(CO)CCOCC2)CCCCC1. The summed E-state index contributed by atoms with van der Waals surface area (Å²) >= 11 is 0. The molecule has 1 amide bonds. The summed E-state index contributed by atoms with van der Waals surface area (Å²) in [6.07, 6.45) is 7.66. The van der Waals surface area contributed by atoms with Gasteiger partial charge in [0, 0.05) is 25.2 Å². The fourth-order valence-electron chi connectivity index (χ4n) is 3.48. The molecule has 0 aromatic rings. The number of carbonyl (C=O) groups excluding carboxylic acids is 1. The van der Waals surface area contributed by atoms with Crippen LogP contribution < -0.4 is 10.6 Å². The van der Waals surface area contributed by atoms with Crippen molar-refractivity contribution in [3.8, 4) is 0 Å². The van der Waals surface area contributed by atoms with Crippen molar-refractivity contribution in [1.29, 1.82) is 0 Å². The number of aliphatic hydroxyl groups is 1. The molecule has 2 rings (SSSR count). The minimum Gasteiger partial charge on any atom is -0.394 e. The molecule has 20 heavy (non-hydrogen) atoms. The normalized spacial score (nSPS) is 25.1. The zero-order valence-corrected chi connectivity index (χ0v) is 12.5. The molecular weight excluding hydrogens is 256 g/mol. The Kier molecular flexibility index (Phi) is 5.41. The third-order valence-electron chi connectivity index (χ3n) is 5.00. The summed E-state index contributed by atoms with van der Waals surface area (Å²) < 4.78 is 5.32. The smallest absolute Gasteiger partial charge is 0.222 e. The zero-order chi connectivity index (χ0) is 14.5. The molecule has 5 heteroatoms. The molecule has 2 aliphatic rings. The third kappa shape index (κ3) is 3.71. The van der Waals surface area contributed by atoms with Gasteiger partial charge in [0.2, 0.25) is 5.91 Å². The Hall–Kier alpha value is -0.650. The average molecular weight is 284 g/mol. The number of nitrogens with one attached hydrogen (secondary N) is 2. The lowest BCUT2D eigenvalue weighted by Crippen LogP contribution is -2.57. The molecule has 0 radical (unpaired) electrons. The molecule has 116 valence electrons. The van der Waals surface area contributed by atoms with Crippen molar-refractivity contribution in [2.24, 2.45) is 0 Å². The van der Waals surface area contributed by atoms with Crippen molar-refractivity contribution in [2.45, 2.75) is 62.4 Å². The summed E-state index contributed by atoms with van der Waals surface area (Å²) in [5.74, 6) is 0.0530. The van der Waals surface area contributed by atoms with Crippen LogP contribution in [0, 0.1) is 0 Å². The van der Waals surface area contributed by atoms with Crippen LogP contribution in [0.15, 0.2) is 0 Å². The Labute approximate surface area is 121 Å². The molecule has 1 saturated heterocycles. The van der Waals surface area contributed by atoms with Crippen molar-refractivity contribution in [2.75, 3.05) is 26.9 Å². The molecule has 3 N–H and O–H groups in total. The highest BCUT2D eigenvalue weighted by Gasteiger charge is 2.37. The van der Waals surface area contributed by atoms with Crippen molar-refractivity contribution in [1.82, 2.24) is 10.6 Å². The van der Waals surface area contributed by atoms with Gasteiger partial charge in [-0.3, -0.25) is 4.79 Å². The van der Waals surface area contributed by atoms with E-state index in [2.05, 4.69) is 10.6 Å². The molecule has 0 spiro atoms. The number of ether oxygens (including phenoxy) is 1. The van der Waals surface area contributed by atoms with Gasteiger partial charge in [-0.2, -0.15) is 0 Å². The van der Waals surface area contributed by atoms with E-state index in [9.17, 15) is 9.90 Å². The van der Waals surface area contributed by atoms with E-state index in [4.69, 9.17) is 4.74 Å². The van der Waals surface area contributed by atoms with Crippen LogP contribution in [0.5, 0.6) is 0 Å². The molecule has 1 heterocycles. The summed E-state index contributed by atoms with van der Waals surface area (Å²) in [5, 5.41) is 16.1. The second-order valence-corrected chi connectivity index (χ2v) is 6.37. The van der Waals surface area contributed by atoms with Crippen LogP contribution in [0.1, 0.15) is 51.4 Å². The van der Waals surface area contributed by atoms with Gasteiger partial charge in [0.1, 0.15) is 0 Å². The van der Waals surface area contributed by atoms with Gasteiger partial charge in [-0.15, -0.1) is 0 Å². The van der Waals surface area contributed by atoms with Gasteiger partial charge in [-0.05, 0) is 32.7 Å². The first-order chi connectivity index (χ1) is 9.64. The highest BCUT2D eigenvalue weighted by molar-refractivity contribution is 5.78. The number of hydrogen-bond donors (Lipinski definition) is 3. The van der Waals surface area contributed by atoms with E-state index in [0.717, 1.165) is 12.8 Å². The van der Waals surface area contributed by atoms with Crippen molar-refractivity contribution in [3.05, 3.63) is 0 Å². The number of amides is 1. The largest absolute Gasteiger partial charge is 0.394 e. The molecule has 0 unspecified atom stereocenters. The summed E-state index contributed by atoms with van der Waals surface area (Å²) in [4.78, 5) is 12.4. The van der Waals surface area contributed by atoms with Crippen LogP contribution in [-0.4, -0.2) is 49.0 Å². The number of aliphatic hydroxyl groups excluding tert-OH is 1. The first-order valence-electron chi connectivity index (χ1n) is 7.82. The lowest BCUT2D eigenvalue weighted by atomic mass is 9.79. The minimum absolute atomic E-state index is 0.00530. The molecule has 5 nitrogen and oxygen atoms in total. The molecule has 0 aromatic heterocycles. The lowest BCUT2D eigenvalue weighted by Gasteiger charge is -2.40. The molecular formula is C15H28N2O3. The van der Waals surface area contributed by atoms with Crippen LogP contribution >= 0.6 is 0 Å². The van der Waals surface area contributed by atoms with Crippen LogP contribution in [-0.2, 0) is 9.53 Å². The number of rotatable bonds is 5. The van der Waals surface area contributed by atoms with E-state index in [1.165, 1.54) is 19.3 Å². The standard InChI is InChI=1S/C15H28N2O3/c1-16-14(5-3-2-4-6-14)11-13(19)17-15(12-18)7-9-20-10-8-15/h16,18H,2-12H2,1H3,(H,17,19). The zero-order valence-electron chi connectivity index (χ0n) is 12.5. The van der Waals surface area contributed by atoms with Gasteiger partial charge in [-0.25, -0.2) is 0 Å². The van der Waals surface area contributed by atoms with E-state index in [1.807, 2.05) is 7.05 Å². The van der Waals surface area contributed by atoms with E-state index in [-0.39, 0.29) is 18.1 Å². The maximum Gasteiger partial charge on any atom is 0.222 e. The predicted octanol–water partition coefficient (Wildman–Crippen LogP) is 0.956.